The van der Waals surface area contributed by atoms with Crippen molar-refractivity contribution in [2.75, 3.05) is 20.1 Å². The van der Waals surface area contributed by atoms with Crippen molar-refractivity contribution < 1.29 is 4.52 Å². The molecule has 1 fully saturated rings. The average Bonchev–Trinajstić information content (AvgIpc) is 2.76. The highest BCUT2D eigenvalue weighted by molar-refractivity contribution is 4.89. The van der Waals surface area contributed by atoms with E-state index in [1.807, 2.05) is 0 Å². The third kappa shape index (κ3) is 2.10. The summed E-state index contributed by atoms with van der Waals surface area (Å²) >= 11 is 0. The van der Waals surface area contributed by atoms with Gasteiger partial charge in [0.15, 0.2) is 5.82 Å². The lowest BCUT2D eigenvalue weighted by Crippen LogP contribution is -2.15. The van der Waals surface area contributed by atoms with Crippen molar-refractivity contribution in [2.45, 2.75) is 19.4 Å². The second-order valence-corrected chi connectivity index (χ2v) is 3.93. The van der Waals surface area contributed by atoms with Gasteiger partial charge in [-0.1, -0.05) is 5.16 Å². The second-order valence-electron chi connectivity index (χ2n) is 3.93. The van der Waals surface area contributed by atoms with Gasteiger partial charge in [-0.25, -0.2) is 0 Å². The minimum atomic E-state index is 0.355. The lowest BCUT2D eigenvalue weighted by Gasteiger charge is -2.06. The van der Waals surface area contributed by atoms with Crippen molar-refractivity contribution >= 4 is 0 Å². The summed E-state index contributed by atoms with van der Waals surface area (Å²) in [6, 6.07) is 0. The topological polar surface area (TPSA) is 68.2 Å². The number of nitrogens with zero attached hydrogens (tertiary/aromatic N) is 3. The number of rotatable bonds is 3. The molecule has 5 heteroatoms. The highest BCUT2D eigenvalue weighted by Gasteiger charge is 2.21. The second kappa shape index (κ2) is 4.06. The minimum Gasteiger partial charge on any atom is -0.339 e. The zero-order chi connectivity index (χ0) is 9.97. The van der Waals surface area contributed by atoms with Gasteiger partial charge in [-0.05, 0) is 25.9 Å². The molecule has 2 N–H and O–H groups in total. The predicted octanol–water partition coefficient (Wildman–Crippen LogP) is 0.0225. The molecule has 2 rings (SSSR count). The van der Waals surface area contributed by atoms with Crippen LogP contribution in [0.2, 0.25) is 0 Å². The summed E-state index contributed by atoms with van der Waals surface area (Å²) in [5.74, 6) is 1.99. The van der Waals surface area contributed by atoms with Gasteiger partial charge in [0, 0.05) is 13.0 Å². The first-order chi connectivity index (χ1) is 6.78. The normalized spacial score (nSPS) is 23.1. The molecule has 5 nitrogen and oxygen atoms in total. The largest absolute Gasteiger partial charge is 0.339 e. The van der Waals surface area contributed by atoms with Crippen molar-refractivity contribution in [2.24, 2.45) is 11.7 Å². The molecule has 0 radical (unpaired) electrons. The van der Waals surface area contributed by atoms with Crippen molar-refractivity contribution in [1.82, 2.24) is 15.0 Å². The van der Waals surface area contributed by atoms with Crippen molar-refractivity contribution in [3.8, 4) is 0 Å². The zero-order valence-corrected chi connectivity index (χ0v) is 8.44. The van der Waals surface area contributed by atoms with Gasteiger partial charge in [0.2, 0.25) is 5.89 Å². The molecule has 0 aromatic carbocycles. The van der Waals surface area contributed by atoms with Crippen LogP contribution in [-0.2, 0) is 13.0 Å². The maximum Gasteiger partial charge on any atom is 0.227 e. The first-order valence-electron chi connectivity index (χ1n) is 4.98. The molecule has 1 aliphatic heterocycles. The van der Waals surface area contributed by atoms with Crippen LogP contribution in [0.25, 0.3) is 0 Å². The van der Waals surface area contributed by atoms with Crippen LogP contribution in [0.3, 0.4) is 0 Å². The maximum absolute atomic E-state index is 5.40. The van der Waals surface area contributed by atoms with E-state index in [2.05, 4.69) is 22.1 Å². The van der Waals surface area contributed by atoms with Gasteiger partial charge in [0.05, 0.1) is 6.54 Å². The molecule has 1 aliphatic rings. The summed E-state index contributed by atoms with van der Waals surface area (Å²) < 4.78 is 5.09. The molecule has 0 aliphatic carbocycles. The number of hydrogen-bond acceptors (Lipinski definition) is 5. The Morgan fingerprint density at radius 2 is 2.50 bits per heavy atom. The summed E-state index contributed by atoms with van der Waals surface area (Å²) in [5.41, 5.74) is 5.40. The fourth-order valence-corrected chi connectivity index (χ4v) is 1.90. The van der Waals surface area contributed by atoms with Crippen LogP contribution in [0.5, 0.6) is 0 Å². The minimum absolute atomic E-state index is 0.355. The third-order valence-corrected chi connectivity index (χ3v) is 2.64. The standard InChI is InChI=1S/C9H16N4O/c1-13-3-2-7(6-13)4-9-11-8(5-10)12-14-9/h7H,2-6,10H2,1H3. The van der Waals surface area contributed by atoms with E-state index in [1.165, 1.54) is 13.0 Å². The van der Waals surface area contributed by atoms with Gasteiger partial charge >= 0.3 is 0 Å². The molecule has 1 unspecified atom stereocenters. The summed E-state index contributed by atoms with van der Waals surface area (Å²) in [6.45, 7) is 2.65. The molecule has 2 heterocycles. The molecule has 0 amide bonds. The fourth-order valence-electron chi connectivity index (χ4n) is 1.90. The summed E-state index contributed by atoms with van der Waals surface area (Å²) in [4.78, 5) is 6.52. The van der Waals surface area contributed by atoms with Crippen molar-refractivity contribution in [3.05, 3.63) is 11.7 Å². The molecule has 0 spiro atoms. The Morgan fingerprint density at radius 1 is 1.64 bits per heavy atom. The molecular formula is C9H16N4O. The molecule has 14 heavy (non-hydrogen) atoms. The summed E-state index contributed by atoms with van der Waals surface area (Å²) in [6.07, 6.45) is 2.11. The van der Waals surface area contributed by atoms with E-state index < -0.39 is 0 Å². The molecule has 0 bridgehead atoms. The Bertz CT molecular complexity index is 299. The maximum atomic E-state index is 5.40. The first kappa shape index (κ1) is 9.61. The SMILES string of the molecule is CN1CCC(Cc2nc(CN)no2)C1. The van der Waals surface area contributed by atoms with E-state index in [4.69, 9.17) is 10.3 Å². The Balaban J connectivity index is 1.90. The Kier molecular flexibility index (Phi) is 2.79. The first-order valence-corrected chi connectivity index (χ1v) is 4.98. The molecule has 1 aromatic rings. The highest BCUT2D eigenvalue weighted by Crippen LogP contribution is 2.18. The van der Waals surface area contributed by atoms with Crippen LogP contribution in [0.4, 0.5) is 0 Å². The molecule has 1 atom stereocenters. The van der Waals surface area contributed by atoms with E-state index in [0.717, 1.165) is 18.9 Å². The van der Waals surface area contributed by atoms with E-state index in [0.29, 0.717) is 18.3 Å². The van der Waals surface area contributed by atoms with Gasteiger partial charge in [0.1, 0.15) is 0 Å². The van der Waals surface area contributed by atoms with Crippen LogP contribution < -0.4 is 5.73 Å². The molecule has 78 valence electrons. The van der Waals surface area contributed by atoms with E-state index in [1.54, 1.807) is 0 Å². The molecule has 1 saturated heterocycles. The smallest absolute Gasteiger partial charge is 0.227 e. The lowest BCUT2D eigenvalue weighted by atomic mass is 10.1. The third-order valence-electron chi connectivity index (χ3n) is 2.64. The van der Waals surface area contributed by atoms with Gasteiger partial charge in [0.25, 0.3) is 0 Å². The number of likely N-dealkylation sites (tertiary alicyclic amines) is 1. The van der Waals surface area contributed by atoms with Crippen molar-refractivity contribution in [1.29, 1.82) is 0 Å². The Morgan fingerprint density at radius 3 is 3.07 bits per heavy atom. The van der Waals surface area contributed by atoms with Gasteiger partial charge in [-0.3, -0.25) is 0 Å². The highest BCUT2D eigenvalue weighted by atomic mass is 16.5. The van der Waals surface area contributed by atoms with Crippen LogP contribution in [-0.4, -0.2) is 35.2 Å². The van der Waals surface area contributed by atoms with E-state index in [-0.39, 0.29) is 0 Å². The number of hydrogen-bond donors (Lipinski definition) is 1. The number of aromatic nitrogens is 2. The average molecular weight is 196 g/mol. The van der Waals surface area contributed by atoms with Crippen LogP contribution in [0, 0.1) is 5.92 Å². The molecule has 1 aromatic heterocycles. The quantitative estimate of drug-likeness (QED) is 0.738. The van der Waals surface area contributed by atoms with Crippen LogP contribution >= 0.6 is 0 Å². The van der Waals surface area contributed by atoms with Crippen molar-refractivity contribution in [3.63, 3.8) is 0 Å². The summed E-state index contributed by atoms with van der Waals surface area (Å²) in [7, 11) is 2.14. The van der Waals surface area contributed by atoms with Gasteiger partial charge in [-0.15, -0.1) is 0 Å². The Hall–Kier alpha value is -0.940. The van der Waals surface area contributed by atoms with E-state index in [9.17, 15) is 0 Å². The monoisotopic (exact) mass is 196 g/mol. The van der Waals surface area contributed by atoms with Crippen LogP contribution in [0.15, 0.2) is 4.52 Å². The van der Waals surface area contributed by atoms with Gasteiger partial charge < -0.3 is 15.2 Å². The van der Waals surface area contributed by atoms with E-state index >= 15 is 0 Å². The molecular weight excluding hydrogens is 180 g/mol. The van der Waals surface area contributed by atoms with Gasteiger partial charge in [-0.2, -0.15) is 4.98 Å². The zero-order valence-electron chi connectivity index (χ0n) is 8.44. The molecule has 0 saturated carbocycles. The summed E-state index contributed by atoms with van der Waals surface area (Å²) in [5, 5.41) is 3.77. The predicted molar refractivity (Wildman–Crippen MR) is 51.5 cm³/mol. The Labute approximate surface area is 83.3 Å². The fraction of sp³-hybridized carbons (Fsp3) is 0.778. The van der Waals surface area contributed by atoms with Crippen LogP contribution in [0.1, 0.15) is 18.1 Å². The lowest BCUT2D eigenvalue weighted by molar-refractivity contribution is 0.341. The number of nitrogens with two attached hydrogens (primary N) is 1.